The van der Waals surface area contributed by atoms with Crippen LogP contribution in [0.15, 0.2) is 36.9 Å². The van der Waals surface area contributed by atoms with Crippen LogP contribution in [0.5, 0.6) is 0 Å². The number of aromatic nitrogens is 6. The quantitative estimate of drug-likeness (QED) is 0.373. The molecule has 0 spiro atoms. The van der Waals surface area contributed by atoms with Crippen molar-refractivity contribution in [3.05, 3.63) is 47.5 Å². The summed E-state index contributed by atoms with van der Waals surface area (Å²) in [5, 5.41) is 9.22. The summed E-state index contributed by atoms with van der Waals surface area (Å²) in [6.07, 6.45) is 3.64. The Bertz CT molecular complexity index is 1330. The SMILES string of the molecule is CC(C)[C@@H](c1ccc(Cl)cc1)N1C[C@H](C)N(c2nc3nncn3c3c2ncn3CCN(C)C)C[C@H]1C. The maximum Gasteiger partial charge on any atom is 0.258 e. The van der Waals surface area contributed by atoms with E-state index in [9.17, 15) is 0 Å². The molecular weight excluding hydrogens is 474 g/mol. The Labute approximate surface area is 217 Å². The van der Waals surface area contributed by atoms with Gasteiger partial charge in [-0.3, -0.25) is 4.90 Å². The first-order valence-corrected chi connectivity index (χ1v) is 13.1. The van der Waals surface area contributed by atoms with Gasteiger partial charge < -0.3 is 14.4 Å². The van der Waals surface area contributed by atoms with Crippen molar-refractivity contribution in [1.82, 2.24) is 38.9 Å². The molecule has 0 unspecified atom stereocenters. The number of halogens is 1. The van der Waals surface area contributed by atoms with Gasteiger partial charge in [0.05, 0.1) is 6.33 Å². The highest BCUT2D eigenvalue weighted by atomic mass is 35.5. The second-order valence-corrected chi connectivity index (χ2v) is 11.1. The number of rotatable bonds is 7. The van der Waals surface area contributed by atoms with E-state index in [-0.39, 0.29) is 6.04 Å². The molecular formula is C26H36ClN9. The van der Waals surface area contributed by atoms with Crippen molar-refractivity contribution in [2.45, 2.75) is 52.4 Å². The summed E-state index contributed by atoms with van der Waals surface area (Å²) in [5.74, 6) is 1.96. The summed E-state index contributed by atoms with van der Waals surface area (Å²) in [5.41, 5.74) is 3.20. The van der Waals surface area contributed by atoms with Gasteiger partial charge in [0.1, 0.15) is 11.8 Å². The summed E-state index contributed by atoms with van der Waals surface area (Å²) in [6, 6.07) is 9.23. The minimum Gasteiger partial charge on any atom is -0.349 e. The van der Waals surface area contributed by atoms with Crippen molar-refractivity contribution in [3.8, 4) is 0 Å². The molecule has 1 aliphatic heterocycles. The van der Waals surface area contributed by atoms with Gasteiger partial charge in [-0.15, -0.1) is 10.2 Å². The van der Waals surface area contributed by atoms with Crippen LogP contribution in [-0.2, 0) is 6.54 Å². The second kappa shape index (κ2) is 9.95. The zero-order chi connectivity index (χ0) is 25.6. The standard InChI is InChI=1S/C26H36ClN9/c1-17(2)23(20-7-9-21(27)10-8-20)34-13-19(4)35(14-18(34)3)24-22-25(36-16-29-31-26(36)30-24)33(15-28-22)12-11-32(5)6/h7-10,15-19,23H,11-14H2,1-6H3/t18-,19+,23+/m1/s1. The number of hydrogen-bond acceptors (Lipinski definition) is 7. The van der Waals surface area contributed by atoms with Gasteiger partial charge in [-0.25, -0.2) is 9.38 Å². The summed E-state index contributed by atoms with van der Waals surface area (Å²) in [7, 11) is 4.16. The molecule has 0 N–H and O–H groups in total. The molecule has 5 rings (SSSR count). The van der Waals surface area contributed by atoms with E-state index in [1.165, 1.54) is 5.56 Å². The van der Waals surface area contributed by atoms with Gasteiger partial charge in [-0.2, -0.15) is 4.98 Å². The van der Waals surface area contributed by atoms with E-state index in [2.05, 4.69) is 83.4 Å². The van der Waals surface area contributed by atoms with Crippen molar-refractivity contribution < 1.29 is 0 Å². The third kappa shape index (κ3) is 4.55. The summed E-state index contributed by atoms with van der Waals surface area (Å²) >= 11 is 6.19. The van der Waals surface area contributed by atoms with Gasteiger partial charge in [0, 0.05) is 49.3 Å². The van der Waals surface area contributed by atoms with Gasteiger partial charge in [-0.05, 0) is 51.6 Å². The number of fused-ring (bicyclic) bond motifs is 3. The Morgan fingerprint density at radius 1 is 1.06 bits per heavy atom. The Kier molecular flexibility index (Phi) is 6.89. The van der Waals surface area contributed by atoms with Gasteiger partial charge in [0.25, 0.3) is 5.78 Å². The van der Waals surface area contributed by atoms with E-state index in [1.807, 2.05) is 22.9 Å². The molecule has 192 valence electrons. The van der Waals surface area contributed by atoms with Crippen LogP contribution in [0.4, 0.5) is 5.82 Å². The van der Waals surface area contributed by atoms with Crippen LogP contribution >= 0.6 is 11.6 Å². The van der Waals surface area contributed by atoms with Crippen LogP contribution in [0.25, 0.3) is 16.9 Å². The number of piperazine rings is 1. The van der Waals surface area contributed by atoms with E-state index in [0.29, 0.717) is 23.8 Å². The number of hydrogen-bond donors (Lipinski definition) is 0. The zero-order valence-corrected chi connectivity index (χ0v) is 22.8. The predicted molar refractivity (Wildman–Crippen MR) is 145 cm³/mol. The number of anilines is 1. The van der Waals surface area contributed by atoms with Crippen molar-refractivity contribution in [2.24, 2.45) is 5.92 Å². The first kappa shape index (κ1) is 24.9. The van der Waals surface area contributed by atoms with Gasteiger partial charge in [0.2, 0.25) is 0 Å². The maximum absolute atomic E-state index is 6.19. The molecule has 4 aromatic rings. The fourth-order valence-corrected chi connectivity index (χ4v) is 5.64. The van der Waals surface area contributed by atoms with Gasteiger partial charge >= 0.3 is 0 Å². The zero-order valence-electron chi connectivity index (χ0n) is 22.0. The molecule has 0 aliphatic carbocycles. The summed E-state index contributed by atoms with van der Waals surface area (Å²) in [4.78, 5) is 17.0. The average molecular weight is 510 g/mol. The summed E-state index contributed by atoms with van der Waals surface area (Å²) < 4.78 is 4.12. The topological polar surface area (TPSA) is 70.6 Å². The minimum absolute atomic E-state index is 0.253. The van der Waals surface area contributed by atoms with Crippen LogP contribution in [0.3, 0.4) is 0 Å². The van der Waals surface area contributed by atoms with Crippen molar-refractivity contribution in [1.29, 1.82) is 0 Å². The molecule has 4 heterocycles. The molecule has 0 radical (unpaired) electrons. The third-order valence-corrected chi connectivity index (χ3v) is 7.53. The van der Waals surface area contributed by atoms with Gasteiger partial charge in [-0.1, -0.05) is 37.6 Å². The molecule has 1 aromatic carbocycles. The van der Waals surface area contributed by atoms with Crippen molar-refractivity contribution in [3.63, 3.8) is 0 Å². The molecule has 1 aliphatic rings. The summed E-state index contributed by atoms with van der Waals surface area (Å²) in [6.45, 7) is 12.7. The predicted octanol–water partition coefficient (Wildman–Crippen LogP) is 3.99. The van der Waals surface area contributed by atoms with E-state index >= 15 is 0 Å². The van der Waals surface area contributed by atoms with E-state index < -0.39 is 0 Å². The highest BCUT2D eigenvalue weighted by Crippen LogP contribution is 2.36. The molecule has 0 saturated carbocycles. The Balaban J connectivity index is 1.49. The Morgan fingerprint density at radius 3 is 2.50 bits per heavy atom. The van der Waals surface area contributed by atoms with E-state index in [1.54, 1.807) is 6.33 Å². The third-order valence-electron chi connectivity index (χ3n) is 7.28. The van der Waals surface area contributed by atoms with Crippen LogP contribution in [0, 0.1) is 5.92 Å². The number of imidazole rings is 1. The minimum atomic E-state index is 0.253. The molecule has 36 heavy (non-hydrogen) atoms. The Hall–Kier alpha value is -2.75. The maximum atomic E-state index is 6.19. The smallest absolute Gasteiger partial charge is 0.258 e. The number of benzene rings is 1. The van der Waals surface area contributed by atoms with E-state index in [0.717, 1.165) is 48.2 Å². The highest BCUT2D eigenvalue weighted by Gasteiger charge is 2.37. The molecule has 9 nitrogen and oxygen atoms in total. The molecule has 3 atom stereocenters. The lowest BCUT2D eigenvalue weighted by molar-refractivity contribution is 0.0822. The Morgan fingerprint density at radius 2 is 1.81 bits per heavy atom. The van der Waals surface area contributed by atoms with Crippen molar-refractivity contribution in [2.75, 3.05) is 38.6 Å². The fourth-order valence-electron chi connectivity index (χ4n) is 5.52. The molecule has 0 bridgehead atoms. The van der Waals surface area contributed by atoms with E-state index in [4.69, 9.17) is 21.6 Å². The molecule has 0 amide bonds. The molecule has 10 heteroatoms. The van der Waals surface area contributed by atoms with Gasteiger partial charge in [0.15, 0.2) is 11.5 Å². The van der Waals surface area contributed by atoms with Crippen molar-refractivity contribution >= 4 is 34.4 Å². The normalized spacial score (nSPS) is 20.3. The average Bonchev–Trinajstić information content (AvgIpc) is 3.47. The fraction of sp³-hybridized carbons (Fsp3) is 0.538. The van der Waals surface area contributed by atoms with Crippen LogP contribution in [-0.4, -0.2) is 84.7 Å². The molecule has 1 saturated heterocycles. The van der Waals surface area contributed by atoms with Crippen LogP contribution in [0.2, 0.25) is 5.02 Å². The lowest BCUT2D eigenvalue weighted by Crippen LogP contribution is -2.58. The molecule has 3 aromatic heterocycles. The highest BCUT2D eigenvalue weighted by molar-refractivity contribution is 6.30. The lowest BCUT2D eigenvalue weighted by atomic mass is 9.91. The lowest BCUT2D eigenvalue weighted by Gasteiger charge is -2.49. The first-order chi connectivity index (χ1) is 17.2. The second-order valence-electron chi connectivity index (χ2n) is 10.6. The molecule has 1 fully saturated rings. The number of nitrogens with zero attached hydrogens (tertiary/aromatic N) is 9. The monoisotopic (exact) mass is 509 g/mol. The van der Waals surface area contributed by atoms with Crippen LogP contribution < -0.4 is 4.90 Å². The largest absolute Gasteiger partial charge is 0.349 e. The number of likely N-dealkylation sites (N-methyl/N-ethyl adjacent to an activating group) is 1. The van der Waals surface area contributed by atoms with Crippen LogP contribution in [0.1, 0.15) is 39.3 Å². The first-order valence-electron chi connectivity index (χ1n) is 12.7.